The van der Waals surface area contributed by atoms with Gasteiger partial charge in [-0.2, -0.15) is 4.98 Å². The zero-order valence-corrected chi connectivity index (χ0v) is 10.6. The van der Waals surface area contributed by atoms with Crippen LogP contribution in [0.25, 0.3) is 11.0 Å². The number of esters is 1. The Bertz CT molecular complexity index is 619. The SMILES string of the molecule is COC(=O)c1cc2cnc(Cl)nc2n1CC1CC1. The lowest BCUT2D eigenvalue weighted by Crippen LogP contribution is -2.12. The van der Waals surface area contributed by atoms with Crippen molar-refractivity contribution in [2.45, 2.75) is 19.4 Å². The van der Waals surface area contributed by atoms with Crippen LogP contribution in [0.4, 0.5) is 0 Å². The second kappa shape index (κ2) is 4.24. The Morgan fingerprint density at radius 1 is 1.61 bits per heavy atom. The number of carbonyl (C=O) groups excluding carboxylic acids is 1. The van der Waals surface area contributed by atoms with Crippen molar-refractivity contribution in [1.82, 2.24) is 14.5 Å². The Labute approximate surface area is 109 Å². The molecule has 18 heavy (non-hydrogen) atoms. The van der Waals surface area contributed by atoms with E-state index < -0.39 is 0 Å². The topological polar surface area (TPSA) is 57.0 Å². The van der Waals surface area contributed by atoms with Gasteiger partial charge in [-0.3, -0.25) is 0 Å². The monoisotopic (exact) mass is 265 g/mol. The Kier molecular flexibility index (Phi) is 2.70. The van der Waals surface area contributed by atoms with E-state index in [1.54, 1.807) is 12.3 Å². The van der Waals surface area contributed by atoms with Crippen LogP contribution < -0.4 is 0 Å². The molecule has 0 amide bonds. The number of rotatable bonds is 3. The molecule has 94 valence electrons. The average Bonchev–Trinajstić information content (AvgIpc) is 3.11. The van der Waals surface area contributed by atoms with Gasteiger partial charge in [-0.25, -0.2) is 9.78 Å². The van der Waals surface area contributed by atoms with E-state index in [0.29, 0.717) is 17.3 Å². The molecule has 0 unspecified atom stereocenters. The first-order valence-electron chi connectivity index (χ1n) is 5.79. The summed E-state index contributed by atoms with van der Waals surface area (Å²) in [5.41, 5.74) is 1.21. The minimum Gasteiger partial charge on any atom is -0.464 e. The van der Waals surface area contributed by atoms with E-state index in [-0.39, 0.29) is 11.3 Å². The van der Waals surface area contributed by atoms with Crippen molar-refractivity contribution in [3.05, 3.63) is 23.2 Å². The Balaban J connectivity index is 2.16. The van der Waals surface area contributed by atoms with E-state index in [2.05, 4.69) is 9.97 Å². The van der Waals surface area contributed by atoms with Crippen LogP contribution in [0, 0.1) is 5.92 Å². The molecule has 3 rings (SSSR count). The summed E-state index contributed by atoms with van der Waals surface area (Å²) < 4.78 is 6.68. The molecule has 0 aliphatic heterocycles. The summed E-state index contributed by atoms with van der Waals surface area (Å²) in [6.07, 6.45) is 4.01. The summed E-state index contributed by atoms with van der Waals surface area (Å²) in [5.74, 6) is 0.266. The van der Waals surface area contributed by atoms with Crippen LogP contribution in [-0.2, 0) is 11.3 Å². The number of hydrogen-bond donors (Lipinski definition) is 0. The number of methoxy groups -OCH3 is 1. The van der Waals surface area contributed by atoms with E-state index in [4.69, 9.17) is 16.3 Å². The fourth-order valence-electron chi connectivity index (χ4n) is 2.04. The van der Waals surface area contributed by atoms with E-state index in [0.717, 1.165) is 11.9 Å². The van der Waals surface area contributed by atoms with Gasteiger partial charge >= 0.3 is 5.97 Å². The number of hydrogen-bond acceptors (Lipinski definition) is 4. The normalized spacial score (nSPS) is 15.0. The smallest absolute Gasteiger partial charge is 0.354 e. The van der Waals surface area contributed by atoms with Crippen LogP contribution in [0.3, 0.4) is 0 Å². The lowest BCUT2D eigenvalue weighted by molar-refractivity contribution is 0.0588. The summed E-state index contributed by atoms with van der Waals surface area (Å²) in [7, 11) is 1.38. The zero-order chi connectivity index (χ0) is 12.7. The molecule has 5 nitrogen and oxygen atoms in total. The molecule has 0 bridgehead atoms. The highest BCUT2D eigenvalue weighted by atomic mass is 35.5. The fourth-order valence-corrected chi connectivity index (χ4v) is 2.16. The molecular formula is C12H12ClN3O2. The number of carbonyl (C=O) groups is 1. The van der Waals surface area contributed by atoms with Crippen LogP contribution in [0.2, 0.25) is 5.28 Å². The molecule has 0 atom stereocenters. The maximum Gasteiger partial charge on any atom is 0.354 e. The first-order chi connectivity index (χ1) is 8.69. The van der Waals surface area contributed by atoms with Crippen molar-refractivity contribution >= 4 is 28.6 Å². The third kappa shape index (κ3) is 1.95. The quantitative estimate of drug-likeness (QED) is 0.631. The molecular weight excluding hydrogens is 254 g/mol. The number of nitrogens with zero attached hydrogens (tertiary/aromatic N) is 3. The summed E-state index contributed by atoms with van der Waals surface area (Å²) in [5, 5.41) is 0.995. The minimum atomic E-state index is -0.357. The van der Waals surface area contributed by atoms with Gasteiger partial charge in [0.2, 0.25) is 5.28 Å². The molecule has 0 N–H and O–H groups in total. The second-order valence-electron chi connectivity index (χ2n) is 4.49. The van der Waals surface area contributed by atoms with Crippen molar-refractivity contribution in [1.29, 1.82) is 0 Å². The van der Waals surface area contributed by atoms with Crippen LogP contribution >= 0.6 is 11.6 Å². The molecule has 0 spiro atoms. The first kappa shape index (κ1) is 11.5. The molecule has 2 aromatic rings. The van der Waals surface area contributed by atoms with E-state index in [1.807, 2.05) is 4.57 Å². The predicted molar refractivity (Wildman–Crippen MR) is 66.6 cm³/mol. The third-order valence-corrected chi connectivity index (χ3v) is 3.32. The Hall–Kier alpha value is -1.62. The minimum absolute atomic E-state index is 0.189. The van der Waals surface area contributed by atoms with Crippen LogP contribution in [0.15, 0.2) is 12.3 Å². The number of halogens is 1. The van der Waals surface area contributed by atoms with Crippen molar-refractivity contribution in [3.8, 4) is 0 Å². The van der Waals surface area contributed by atoms with Gasteiger partial charge < -0.3 is 9.30 Å². The molecule has 1 aliphatic carbocycles. The summed E-state index contributed by atoms with van der Waals surface area (Å²) in [4.78, 5) is 19.9. The standard InChI is InChI=1S/C12H12ClN3O2/c1-18-11(17)9-4-8-5-14-12(13)15-10(8)16(9)6-7-2-3-7/h4-5,7H,2-3,6H2,1H3. The van der Waals surface area contributed by atoms with Gasteiger partial charge in [0.15, 0.2) is 0 Å². The van der Waals surface area contributed by atoms with Gasteiger partial charge in [0.05, 0.1) is 7.11 Å². The highest BCUT2D eigenvalue weighted by Gasteiger charge is 2.26. The van der Waals surface area contributed by atoms with Crippen molar-refractivity contribution in [2.75, 3.05) is 7.11 Å². The van der Waals surface area contributed by atoms with Crippen LogP contribution in [0.5, 0.6) is 0 Å². The molecule has 0 radical (unpaired) electrons. The zero-order valence-electron chi connectivity index (χ0n) is 9.89. The van der Waals surface area contributed by atoms with Gasteiger partial charge in [0, 0.05) is 18.1 Å². The second-order valence-corrected chi connectivity index (χ2v) is 4.83. The highest BCUT2D eigenvalue weighted by Crippen LogP contribution is 2.33. The predicted octanol–water partition coefficient (Wildman–Crippen LogP) is 2.28. The van der Waals surface area contributed by atoms with Gasteiger partial charge in [-0.05, 0) is 36.4 Å². The maximum atomic E-state index is 11.8. The molecule has 1 fully saturated rings. The molecule has 0 aromatic carbocycles. The molecule has 1 aliphatic rings. The summed E-state index contributed by atoms with van der Waals surface area (Å²) >= 11 is 5.81. The van der Waals surface area contributed by atoms with Crippen LogP contribution in [-0.4, -0.2) is 27.6 Å². The van der Waals surface area contributed by atoms with E-state index in [1.165, 1.54) is 20.0 Å². The van der Waals surface area contributed by atoms with Gasteiger partial charge in [-0.1, -0.05) is 0 Å². The third-order valence-electron chi connectivity index (χ3n) is 3.14. The van der Waals surface area contributed by atoms with Crippen molar-refractivity contribution < 1.29 is 9.53 Å². The van der Waals surface area contributed by atoms with Gasteiger partial charge in [-0.15, -0.1) is 0 Å². The van der Waals surface area contributed by atoms with Crippen LogP contribution in [0.1, 0.15) is 23.3 Å². The molecule has 1 saturated carbocycles. The highest BCUT2D eigenvalue weighted by molar-refractivity contribution is 6.28. The van der Waals surface area contributed by atoms with Crippen molar-refractivity contribution in [2.24, 2.45) is 5.92 Å². The number of fused-ring (bicyclic) bond motifs is 1. The number of ether oxygens (including phenoxy) is 1. The van der Waals surface area contributed by atoms with E-state index in [9.17, 15) is 4.79 Å². The Morgan fingerprint density at radius 2 is 2.39 bits per heavy atom. The molecule has 6 heteroatoms. The first-order valence-corrected chi connectivity index (χ1v) is 6.17. The van der Waals surface area contributed by atoms with Gasteiger partial charge in [0.1, 0.15) is 11.3 Å². The van der Waals surface area contributed by atoms with Crippen molar-refractivity contribution in [3.63, 3.8) is 0 Å². The number of aromatic nitrogens is 3. The summed E-state index contributed by atoms with van der Waals surface area (Å²) in [6.45, 7) is 0.779. The Morgan fingerprint density at radius 3 is 3.06 bits per heavy atom. The average molecular weight is 266 g/mol. The lowest BCUT2D eigenvalue weighted by Gasteiger charge is -2.07. The molecule has 2 aromatic heterocycles. The van der Waals surface area contributed by atoms with Gasteiger partial charge in [0.25, 0.3) is 0 Å². The molecule has 0 saturated heterocycles. The lowest BCUT2D eigenvalue weighted by atomic mass is 10.3. The summed E-state index contributed by atoms with van der Waals surface area (Å²) in [6, 6.07) is 1.75. The fraction of sp³-hybridized carbons (Fsp3) is 0.417. The molecule has 2 heterocycles. The maximum absolute atomic E-state index is 11.8. The largest absolute Gasteiger partial charge is 0.464 e. The van der Waals surface area contributed by atoms with E-state index >= 15 is 0 Å².